The number of rotatable bonds is 3. The molecule has 1 aromatic rings. The number of hydrogen-bond acceptors (Lipinski definition) is 2. The average Bonchev–Trinajstić information content (AvgIpc) is 2.33. The second-order valence-electron chi connectivity index (χ2n) is 4.64. The van der Waals surface area contributed by atoms with Gasteiger partial charge in [-0.1, -0.05) is 19.3 Å². The predicted molar refractivity (Wildman–Crippen MR) is 65.0 cm³/mol. The summed E-state index contributed by atoms with van der Waals surface area (Å²) in [6.45, 7) is 0. The van der Waals surface area contributed by atoms with Crippen LogP contribution in [0.1, 0.15) is 32.1 Å². The van der Waals surface area contributed by atoms with E-state index in [2.05, 4.69) is 5.32 Å². The van der Waals surface area contributed by atoms with E-state index in [0.29, 0.717) is 0 Å². The highest BCUT2D eigenvalue weighted by Gasteiger charge is 2.37. The van der Waals surface area contributed by atoms with Gasteiger partial charge in [-0.2, -0.15) is 0 Å². The van der Waals surface area contributed by atoms with Gasteiger partial charge in [0.15, 0.2) is 0 Å². The van der Waals surface area contributed by atoms with Crippen molar-refractivity contribution >= 4 is 11.6 Å². The molecule has 0 heterocycles. The number of carbonyl (C=O) groups is 1. The number of nitrogens with two attached hydrogens (primary N) is 1. The van der Waals surface area contributed by atoms with Crippen LogP contribution in [-0.2, 0) is 4.79 Å². The van der Waals surface area contributed by atoms with E-state index in [-0.39, 0.29) is 11.7 Å². The number of carbonyl (C=O) groups excluding carboxylic acids is 1. The van der Waals surface area contributed by atoms with Crippen LogP contribution >= 0.6 is 0 Å². The maximum absolute atomic E-state index is 12.8. The van der Waals surface area contributed by atoms with Crippen LogP contribution in [0.25, 0.3) is 0 Å². The summed E-state index contributed by atoms with van der Waals surface area (Å²) in [5, 5.41) is 3.18. The van der Waals surface area contributed by atoms with Gasteiger partial charge in [0.25, 0.3) is 0 Å². The monoisotopic (exact) mass is 236 g/mol. The fourth-order valence-electron chi connectivity index (χ4n) is 2.40. The standard InChI is InChI=1S/C13H17FN2O/c14-10-4-6-11(7-5-10)16-13(12(15)17)8-2-1-3-9-13/h4-7,16H,1-3,8-9H2,(H2,15,17). The summed E-state index contributed by atoms with van der Waals surface area (Å²) in [5.41, 5.74) is 5.59. The van der Waals surface area contributed by atoms with Gasteiger partial charge in [-0.3, -0.25) is 4.79 Å². The molecule has 1 fully saturated rings. The van der Waals surface area contributed by atoms with Crippen LogP contribution in [0.15, 0.2) is 24.3 Å². The molecule has 0 radical (unpaired) electrons. The van der Waals surface area contributed by atoms with Gasteiger partial charge in [0.2, 0.25) is 5.91 Å². The molecule has 0 aliphatic heterocycles. The number of halogens is 1. The third-order valence-electron chi connectivity index (χ3n) is 3.41. The number of nitrogens with one attached hydrogen (secondary N) is 1. The quantitative estimate of drug-likeness (QED) is 0.846. The Kier molecular flexibility index (Phi) is 3.31. The first-order chi connectivity index (χ1) is 8.12. The van der Waals surface area contributed by atoms with Crippen LogP contribution in [0.5, 0.6) is 0 Å². The van der Waals surface area contributed by atoms with Crippen molar-refractivity contribution < 1.29 is 9.18 Å². The molecular weight excluding hydrogens is 219 g/mol. The van der Waals surface area contributed by atoms with E-state index in [1.54, 1.807) is 12.1 Å². The van der Waals surface area contributed by atoms with Gasteiger partial charge in [-0.25, -0.2) is 4.39 Å². The molecule has 4 heteroatoms. The predicted octanol–water partition coefficient (Wildman–Crippen LogP) is 2.43. The molecule has 0 atom stereocenters. The summed E-state index contributed by atoms with van der Waals surface area (Å²) in [6.07, 6.45) is 4.63. The summed E-state index contributed by atoms with van der Waals surface area (Å²) < 4.78 is 12.8. The Morgan fingerprint density at radius 2 is 1.76 bits per heavy atom. The smallest absolute Gasteiger partial charge is 0.243 e. The molecule has 1 aromatic carbocycles. The van der Waals surface area contributed by atoms with Crippen molar-refractivity contribution in [2.24, 2.45) is 5.73 Å². The largest absolute Gasteiger partial charge is 0.371 e. The minimum atomic E-state index is -0.657. The number of amides is 1. The third kappa shape index (κ3) is 2.57. The Hall–Kier alpha value is -1.58. The lowest BCUT2D eigenvalue weighted by atomic mass is 9.81. The summed E-state index contributed by atoms with van der Waals surface area (Å²) in [4.78, 5) is 11.6. The van der Waals surface area contributed by atoms with Crippen molar-refractivity contribution in [3.05, 3.63) is 30.1 Å². The topological polar surface area (TPSA) is 55.1 Å². The zero-order valence-electron chi connectivity index (χ0n) is 9.71. The molecule has 1 amide bonds. The molecule has 1 aliphatic carbocycles. The van der Waals surface area contributed by atoms with Crippen LogP contribution in [0.2, 0.25) is 0 Å². The molecule has 2 rings (SSSR count). The maximum Gasteiger partial charge on any atom is 0.243 e. The maximum atomic E-state index is 12.8. The summed E-state index contributed by atoms with van der Waals surface area (Å²) in [5.74, 6) is -0.603. The van der Waals surface area contributed by atoms with Gasteiger partial charge >= 0.3 is 0 Å². The Morgan fingerprint density at radius 3 is 2.29 bits per heavy atom. The number of hydrogen-bond donors (Lipinski definition) is 2. The van der Waals surface area contributed by atoms with Crippen LogP contribution in [-0.4, -0.2) is 11.4 Å². The van der Waals surface area contributed by atoms with Crippen molar-refractivity contribution in [3.63, 3.8) is 0 Å². The van der Waals surface area contributed by atoms with Crippen molar-refractivity contribution in [2.45, 2.75) is 37.6 Å². The zero-order chi connectivity index (χ0) is 12.3. The first-order valence-electron chi connectivity index (χ1n) is 5.96. The van der Waals surface area contributed by atoms with Gasteiger partial charge in [0.05, 0.1) is 0 Å². The minimum Gasteiger partial charge on any atom is -0.371 e. The van der Waals surface area contributed by atoms with Crippen molar-refractivity contribution in [3.8, 4) is 0 Å². The highest BCUT2D eigenvalue weighted by molar-refractivity contribution is 5.88. The summed E-state index contributed by atoms with van der Waals surface area (Å²) in [7, 11) is 0. The van der Waals surface area contributed by atoms with Crippen LogP contribution in [0.3, 0.4) is 0 Å². The lowest BCUT2D eigenvalue weighted by Gasteiger charge is -2.36. The molecule has 3 nitrogen and oxygen atoms in total. The molecule has 1 saturated carbocycles. The normalized spacial score (nSPS) is 18.6. The molecule has 92 valence electrons. The van der Waals surface area contributed by atoms with Gasteiger partial charge in [0.1, 0.15) is 11.4 Å². The van der Waals surface area contributed by atoms with E-state index in [9.17, 15) is 9.18 Å². The number of anilines is 1. The molecule has 0 unspecified atom stereocenters. The van der Waals surface area contributed by atoms with Crippen LogP contribution < -0.4 is 11.1 Å². The zero-order valence-corrected chi connectivity index (χ0v) is 9.71. The molecule has 0 aromatic heterocycles. The Morgan fingerprint density at radius 1 is 1.18 bits per heavy atom. The van der Waals surface area contributed by atoms with Crippen LogP contribution in [0.4, 0.5) is 10.1 Å². The van der Waals surface area contributed by atoms with Gasteiger partial charge in [-0.05, 0) is 37.1 Å². The molecular formula is C13H17FN2O. The van der Waals surface area contributed by atoms with E-state index < -0.39 is 5.54 Å². The Bertz CT molecular complexity index is 396. The second kappa shape index (κ2) is 4.73. The summed E-state index contributed by atoms with van der Waals surface area (Å²) >= 11 is 0. The van der Waals surface area contributed by atoms with Crippen molar-refractivity contribution in [2.75, 3.05) is 5.32 Å². The van der Waals surface area contributed by atoms with E-state index >= 15 is 0 Å². The van der Waals surface area contributed by atoms with E-state index in [1.807, 2.05) is 0 Å². The van der Waals surface area contributed by atoms with Gasteiger partial charge < -0.3 is 11.1 Å². The molecule has 0 saturated heterocycles. The Balaban J connectivity index is 2.17. The average molecular weight is 236 g/mol. The molecule has 0 bridgehead atoms. The lowest BCUT2D eigenvalue weighted by Crippen LogP contribution is -2.51. The van der Waals surface area contributed by atoms with E-state index in [4.69, 9.17) is 5.73 Å². The van der Waals surface area contributed by atoms with Crippen molar-refractivity contribution in [1.82, 2.24) is 0 Å². The molecule has 17 heavy (non-hydrogen) atoms. The first-order valence-corrected chi connectivity index (χ1v) is 5.96. The number of primary amides is 1. The second-order valence-corrected chi connectivity index (χ2v) is 4.64. The van der Waals surface area contributed by atoms with Crippen molar-refractivity contribution in [1.29, 1.82) is 0 Å². The third-order valence-corrected chi connectivity index (χ3v) is 3.41. The molecule has 3 N–H and O–H groups in total. The fraction of sp³-hybridized carbons (Fsp3) is 0.462. The summed E-state index contributed by atoms with van der Waals surface area (Å²) in [6, 6.07) is 6.02. The lowest BCUT2D eigenvalue weighted by molar-refractivity contribution is -0.123. The fourth-order valence-corrected chi connectivity index (χ4v) is 2.40. The Labute approximate surface area is 100 Å². The SMILES string of the molecule is NC(=O)C1(Nc2ccc(F)cc2)CCCCC1. The molecule has 0 spiro atoms. The van der Waals surface area contributed by atoms with E-state index in [1.165, 1.54) is 12.1 Å². The minimum absolute atomic E-state index is 0.285. The first kappa shape index (κ1) is 11.9. The molecule has 1 aliphatic rings. The highest BCUT2D eigenvalue weighted by atomic mass is 19.1. The van der Waals surface area contributed by atoms with Gasteiger partial charge in [-0.15, -0.1) is 0 Å². The highest BCUT2D eigenvalue weighted by Crippen LogP contribution is 2.31. The van der Waals surface area contributed by atoms with Crippen LogP contribution in [0, 0.1) is 5.82 Å². The number of benzene rings is 1. The van der Waals surface area contributed by atoms with E-state index in [0.717, 1.165) is 37.8 Å². The van der Waals surface area contributed by atoms with Gasteiger partial charge in [0, 0.05) is 5.69 Å².